The van der Waals surface area contributed by atoms with E-state index < -0.39 is 5.41 Å². The van der Waals surface area contributed by atoms with Crippen molar-refractivity contribution in [1.29, 1.82) is 0 Å². The van der Waals surface area contributed by atoms with Gasteiger partial charge in [0.25, 0.3) is 0 Å². The van der Waals surface area contributed by atoms with Crippen LogP contribution in [0.4, 0.5) is 0 Å². The molecule has 0 aliphatic carbocycles. The van der Waals surface area contributed by atoms with E-state index in [4.69, 9.17) is 0 Å². The molecule has 0 unspecified atom stereocenters. The van der Waals surface area contributed by atoms with Crippen LogP contribution in [0, 0.1) is 0 Å². The van der Waals surface area contributed by atoms with E-state index in [1.165, 1.54) is 93.2 Å². The summed E-state index contributed by atoms with van der Waals surface area (Å²) in [7, 11) is 0. The topological polar surface area (TPSA) is 4.93 Å². The van der Waals surface area contributed by atoms with Crippen LogP contribution in [0.5, 0.6) is 0 Å². The Kier molecular flexibility index (Phi) is 6.84. The second kappa shape index (κ2) is 12.0. The summed E-state index contributed by atoms with van der Waals surface area (Å²) in [6.07, 6.45) is 0. The van der Waals surface area contributed by atoms with E-state index in [0.717, 1.165) is 0 Å². The van der Waals surface area contributed by atoms with Crippen LogP contribution in [0.25, 0.3) is 70.9 Å². The number of hydrogen-bond acceptors (Lipinski definition) is 0. The zero-order valence-electron chi connectivity index (χ0n) is 29.7. The molecule has 0 aliphatic rings. The molecule has 54 heavy (non-hydrogen) atoms. The van der Waals surface area contributed by atoms with Crippen LogP contribution >= 0.6 is 0 Å². The molecule has 0 fully saturated rings. The van der Waals surface area contributed by atoms with Gasteiger partial charge in [0.15, 0.2) is 0 Å². The minimum Gasteiger partial charge on any atom is -0.309 e. The summed E-state index contributed by atoms with van der Waals surface area (Å²) in [6, 6.07) is 78.3. The average molecular weight is 686 g/mol. The summed E-state index contributed by atoms with van der Waals surface area (Å²) in [6.45, 7) is 0. The molecule has 10 aromatic carbocycles. The lowest BCUT2D eigenvalue weighted by molar-refractivity contribution is 0.747. The molecule has 0 atom stereocenters. The van der Waals surface area contributed by atoms with Gasteiger partial charge in [-0.2, -0.15) is 0 Å². The van der Waals surface area contributed by atoms with Crippen molar-refractivity contribution in [2.45, 2.75) is 5.41 Å². The first-order valence-corrected chi connectivity index (χ1v) is 18.8. The lowest BCUT2D eigenvalue weighted by Crippen LogP contribution is -2.31. The second-order valence-corrected chi connectivity index (χ2v) is 14.5. The maximum atomic E-state index is 2.45. The van der Waals surface area contributed by atoms with Gasteiger partial charge in [0.05, 0.1) is 16.4 Å². The first kappa shape index (κ1) is 30.6. The Bertz CT molecular complexity index is 2950. The van der Waals surface area contributed by atoms with Crippen LogP contribution in [0.3, 0.4) is 0 Å². The van der Waals surface area contributed by atoms with Crippen LogP contribution in [0.15, 0.2) is 212 Å². The van der Waals surface area contributed by atoms with Crippen molar-refractivity contribution in [3.63, 3.8) is 0 Å². The lowest BCUT2D eigenvalue weighted by Gasteiger charge is -2.37. The molecule has 0 aliphatic heterocycles. The maximum absolute atomic E-state index is 2.45. The van der Waals surface area contributed by atoms with Gasteiger partial charge in [-0.15, -0.1) is 0 Å². The number of benzene rings is 10. The third-order valence-corrected chi connectivity index (χ3v) is 11.7. The minimum atomic E-state index is -0.502. The summed E-state index contributed by atoms with van der Waals surface area (Å²) in [5, 5.41) is 10.3. The predicted octanol–water partition coefficient (Wildman–Crippen LogP) is 13.7. The van der Waals surface area contributed by atoms with Crippen LogP contribution in [0.2, 0.25) is 0 Å². The standard InChI is InChI=1S/C53H35N/c1-4-14-40(15-5-1)53(41-16-6-2-7-17-41,42-18-8-3-9-19-42)43-34-38-25-24-37-28-32-45(48-33-29-39(35-43)51(38)52(37)48)36-26-30-44(31-27-36)54-49-22-12-10-20-46(49)47-21-11-13-23-50(47)54/h1-35H. The quantitative estimate of drug-likeness (QED) is 0.121. The molecule has 1 aromatic heterocycles. The van der Waals surface area contributed by atoms with Crippen molar-refractivity contribution in [3.05, 3.63) is 235 Å². The summed E-state index contributed by atoms with van der Waals surface area (Å²) in [5.41, 5.74) is 10.6. The summed E-state index contributed by atoms with van der Waals surface area (Å²) >= 11 is 0. The van der Waals surface area contributed by atoms with E-state index in [2.05, 4.69) is 217 Å². The largest absolute Gasteiger partial charge is 0.309 e. The van der Waals surface area contributed by atoms with Gasteiger partial charge in [0.1, 0.15) is 0 Å². The Labute approximate surface area is 314 Å². The number of para-hydroxylation sites is 2. The van der Waals surface area contributed by atoms with E-state index in [1.807, 2.05) is 0 Å². The van der Waals surface area contributed by atoms with Crippen molar-refractivity contribution in [2.24, 2.45) is 0 Å². The van der Waals surface area contributed by atoms with E-state index in [9.17, 15) is 0 Å². The SMILES string of the molecule is c1ccc(C(c2ccccc2)(c2ccccc2)c2cc3ccc4ccc(-c5ccc(-n6c7ccccc7c7ccccc76)cc5)c5ccc(c2)c3c45)cc1. The van der Waals surface area contributed by atoms with Gasteiger partial charge in [0, 0.05) is 16.5 Å². The number of aromatic nitrogens is 1. The van der Waals surface area contributed by atoms with Crippen LogP contribution in [-0.2, 0) is 5.41 Å². The molecule has 0 saturated heterocycles. The van der Waals surface area contributed by atoms with Gasteiger partial charge in [-0.05, 0) is 102 Å². The number of hydrogen-bond donors (Lipinski definition) is 0. The zero-order chi connectivity index (χ0) is 35.6. The number of fused-ring (bicyclic) bond motifs is 3. The van der Waals surface area contributed by atoms with E-state index >= 15 is 0 Å². The lowest BCUT2D eigenvalue weighted by atomic mass is 9.64. The fourth-order valence-corrected chi connectivity index (χ4v) is 9.34. The van der Waals surface area contributed by atoms with Crippen LogP contribution in [-0.4, -0.2) is 4.57 Å². The molecule has 0 bridgehead atoms. The molecule has 0 N–H and O–H groups in total. The van der Waals surface area contributed by atoms with Crippen molar-refractivity contribution in [3.8, 4) is 16.8 Å². The van der Waals surface area contributed by atoms with Crippen molar-refractivity contribution in [2.75, 3.05) is 0 Å². The highest BCUT2D eigenvalue weighted by Gasteiger charge is 2.38. The summed E-state index contributed by atoms with van der Waals surface area (Å²) < 4.78 is 2.39. The van der Waals surface area contributed by atoms with E-state index in [-0.39, 0.29) is 0 Å². The third kappa shape index (κ3) is 4.45. The Morgan fingerprint density at radius 3 is 1.33 bits per heavy atom. The predicted molar refractivity (Wildman–Crippen MR) is 228 cm³/mol. The summed E-state index contributed by atoms with van der Waals surface area (Å²) in [4.78, 5) is 0. The Hall–Kier alpha value is -6.96. The van der Waals surface area contributed by atoms with E-state index in [0.29, 0.717) is 0 Å². The second-order valence-electron chi connectivity index (χ2n) is 14.5. The minimum absolute atomic E-state index is 0.502. The van der Waals surface area contributed by atoms with Crippen LogP contribution < -0.4 is 0 Å². The molecule has 0 amide bonds. The highest BCUT2D eigenvalue weighted by atomic mass is 15.0. The molecule has 11 rings (SSSR count). The molecule has 0 saturated carbocycles. The smallest absolute Gasteiger partial charge is 0.0702 e. The van der Waals surface area contributed by atoms with E-state index in [1.54, 1.807) is 0 Å². The molecule has 1 heteroatoms. The molecule has 11 aromatic rings. The molecular formula is C53H35N. The number of nitrogens with zero attached hydrogens (tertiary/aromatic N) is 1. The van der Waals surface area contributed by atoms with Gasteiger partial charge < -0.3 is 4.57 Å². The molecule has 1 nitrogen and oxygen atoms in total. The fourth-order valence-electron chi connectivity index (χ4n) is 9.34. The number of rotatable bonds is 6. The van der Waals surface area contributed by atoms with Gasteiger partial charge in [-0.25, -0.2) is 0 Å². The molecule has 0 spiro atoms. The highest BCUT2D eigenvalue weighted by Crippen LogP contribution is 2.48. The first-order chi connectivity index (χ1) is 26.8. The molecule has 252 valence electrons. The Morgan fingerprint density at radius 1 is 0.315 bits per heavy atom. The third-order valence-electron chi connectivity index (χ3n) is 11.7. The van der Waals surface area contributed by atoms with Gasteiger partial charge in [-0.1, -0.05) is 176 Å². The molecule has 1 heterocycles. The van der Waals surface area contributed by atoms with Gasteiger partial charge in [-0.3, -0.25) is 0 Å². The molecular weight excluding hydrogens is 651 g/mol. The monoisotopic (exact) mass is 685 g/mol. The Morgan fingerprint density at radius 2 is 0.778 bits per heavy atom. The highest BCUT2D eigenvalue weighted by molar-refractivity contribution is 6.25. The average Bonchev–Trinajstić information content (AvgIpc) is 3.59. The van der Waals surface area contributed by atoms with Crippen LogP contribution in [0.1, 0.15) is 22.3 Å². The first-order valence-electron chi connectivity index (χ1n) is 18.8. The van der Waals surface area contributed by atoms with Crippen molar-refractivity contribution in [1.82, 2.24) is 4.57 Å². The molecule has 0 radical (unpaired) electrons. The van der Waals surface area contributed by atoms with Gasteiger partial charge in [0.2, 0.25) is 0 Å². The Balaban J connectivity index is 1.10. The van der Waals surface area contributed by atoms with Crippen molar-refractivity contribution >= 4 is 54.1 Å². The van der Waals surface area contributed by atoms with Gasteiger partial charge >= 0.3 is 0 Å². The zero-order valence-corrected chi connectivity index (χ0v) is 29.7. The maximum Gasteiger partial charge on any atom is 0.0702 e. The normalized spacial score (nSPS) is 12.1. The van der Waals surface area contributed by atoms with Crippen molar-refractivity contribution < 1.29 is 0 Å². The summed E-state index contributed by atoms with van der Waals surface area (Å²) in [5.74, 6) is 0. The fraction of sp³-hybridized carbons (Fsp3) is 0.0189.